The van der Waals surface area contributed by atoms with Gasteiger partial charge in [-0.2, -0.15) is 0 Å². The Morgan fingerprint density at radius 1 is 1.14 bits per heavy atom. The van der Waals surface area contributed by atoms with E-state index in [1.807, 2.05) is 18.2 Å². The second-order valence-corrected chi connectivity index (χ2v) is 3.83. The second kappa shape index (κ2) is 3.74. The molecule has 2 heteroatoms. The molecule has 2 rings (SSSR count). The minimum atomic E-state index is 0.234. The van der Waals surface area contributed by atoms with Crippen LogP contribution in [0.3, 0.4) is 0 Å². The monoisotopic (exact) mass is 186 g/mol. The lowest BCUT2D eigenvalue weighted by atomic mass is 9.95. The van der Waals surface area contributed by atoms with E-state index in [4.69, 9.17) is 0 Å². The molecule has 1 atom stereocenters. The largest absolute Gasteiger partial charge is 0.263 e. The van der Waals surface area contributed by atoms with Crippen LogP contribution in [0, 0.1) is 5.92 Å². The van der Waals surface area contributed by atoms with Gasteiger partial charge in [0, 0.05) is 0 Å². The lowest BCUT2D eigenvalue weighted by Crippen LogP contribution is -2.22. The van der Waals surface area contributed by atoms with E-state index in [1.54, 1.807) is 6.34 Å². The number of nitrogens with zero attached hydrogens (tertiary/aromatic N) is 2. The van der Waals surface area contributed by atoms with E-state index in [1.165, 1.54) is 5.56 Å². The molecule has 1 aliphatic rings. The van der Waals surface area contributed by atoms with Crippen LogP contribution in [0.15, 0.2) is 40.3 Å². The summed E-state index contributed by atoms with van der Waals surface area (Å²) in [4.78, 5) is 8.70. The van der Waals surface area contributed by atoms with Gasteiger partial charge in [0.1, 0.15) is 6.34 Å². The van der Waals surface area contributed by atoms with Crippen LogP contribution in [-0.2, 0) is 0 Å². The fourth-order valence-electron chi connectivity index (χ4n) is 1.66. The quantitative estimate of drug-likeness (QED) is 0.678. The van der Waals surface area contributed by atoms with E-state index in [0.717, 1.165) is 5.71 Å². The van der Waals surface area contributed by atoms with Crippen LogP contribution in [-0.4, -0.2) is 18.1 Å². The standard InChI is InChI=1S/C12H14N2/c1-9(2)11-12(14-8-13-11)10-6-4-3-5-7-10/h3-9,11H,1-2H3. The fraction of sp³-hybridized carbons (Fsp3) is 0.333. The molecule has 0 bridgehead atoms. The minimum absolute atomic E-state index is 0.234. The minimum Gasteiger partial charge on any atom is -0.263 e. The van der Waals surface area contributed by atoms with E-state index in [-0.39, 0.29) is 6.04 Å². The highest BCUT2D eigenvalue weighted by molar-refractivity contribution is 6.10. The molecule has 14 heavy (non-hydrogen) atoms. The van der Waals surface area contributed by atoms with Crippen molar-refractivity contribution in [3.63, 3.8) is 0 Å². The third kappa shape index (κ3) is 1.60. The van der Waals surface area contributed by atoms with Crippen molar-refractivity contribution in [2.75, 3.05) is 0 Å². The second-order valence-electron chi connectivity index (χ2n) is 3.83. The van der Waals surface area contributed by atoms with Gasteiger partial charge < -0.3 is 0 Å². The fourth-order valence-corrected chi connectivity index (χ4v) is 1.66. The van der Waals surface area contributed by atoms with E-state index in [2.05, 4.69) is 36.0 Å². The Kier molecular flexibility index (Phi) is 2.44. The molecule has 1 aliphatic heterocycles. The molecule has 1 unspecified atom stereocenters. The summed E-state index contributed by atoms with van der Waals surface area (Å²) in [6.07, 6.45) is 1.67. The third-order valence-electron chi connectivity index (χ3n) is 2.41. The predicted octanol–water partition coefficient (Wildman–Crippen LogP) is 2.54. The van der Waals surface area contributed by atoms with Gasteiger partial charge in [-0.3, -0.25) is 4.99 Å². The molecule has 0 radical (unpaired) electrons. The molecule has 0 spiro atoms. The number of benzene rings is 1. The van der Waals surface area contributed by atoms with E-state index in [0.29, 0.717) is 5.92 Å². The maximum absolute atomic E-state index is 4.36. The van der Waals surface area contributed by atoms with Gasteiger partial charge in [0.25, 0.3) is 0 Å². The predicted molar refractivity (Wildman–Crippen MR) is 60.1 cm³/mol. The lowest BCUT2D eigenvalue weighted by molar-refractivity contribution is 0.604. The zero-order valence-electron chi connectivity index (χ0n) is 8.51. The normalized spacial score (nSPS) is 20.2. The molecule has 0 saturated carbocycles. The Morgan fingerprint density at radius 3 is 2.50 bits per heavy atom. The molecule has 0 saturated heterocycles. The summed E-state index contributed by atoms with van der Waals surface area (Å²) in [7, 11) is 0. The molecule has 0 amide bonds. The molecule has 1 aromatic carbocycles. The number of hydrogen-bond donors (Lipinski definition) is 0. The maximum Gasteiger partial charge on any atom is 0.111 e. The average molecular weight is 186 g/mol. The lowest BCUT2D eigenvalue weighted by Gasteiger charge is -2.14. The van der Waals surface area contributed by atoms with Crippen LogP contribution in [0.4, 0.5) is 0 Å². The Labute approximate surface area is 84.4 Å². The van der Waals surface area contributed by atoms with Crippen molar-refractivity contribution in [2.45, 2.75) is 19.9 Å². The topological polar surface area (TPSA) is 24.7 Å². The van der Waals surface area contributed by atoms with Crippen molar-refractivity contribution in [1.82, 2.24) is 0 Å². The molecule has 0 aromatic heterocycles. The SMILES string of the molecule is CC(C)C1N=CN=C1c1ccccc1. The van der Waals surface area contributed by atoms with Crippen LogP contribution in [0.1, 0.15) is 19.4 Å². The number of aliphatic imine (C=N–C) groups is 2. The molecule has 1 aromatic rings. The van der Waals surface area contributed by atoms with Crippen molar-refractivity contribution in [2.24, 2.45) is 15.9 Å². The maximum atomic E-state index is 4.36. The van der Waals surface area contributed by atoms with Crippen molar-refractivity contribution in [3.05, 3.63) is 35.9 Å². The highest BCUT2D eigenvalue weighted by Crippen LogP contribution is 2.17. The summed E-state index contributed by atoms with van der Waals surface area (Å²) in [6.45, 7) is 4.34. The van der Waals surface area contributed by atoms with E-state index >= 15 is 0 Å². The van der Waals surface area contributed by atoms with Gasteiger partial charge in [0.05, 0.1) is 11.8 Å². The molecular weight excluding hydrogens is 172 g/mol. The first-order valence-electron chi connectivity index (χ1n) is 4.94. The smallest absolute Gasteiger partial charge is 0.111 e. The average Bonchev–Trinajstić information content (AvgIpc) is 2.67. The van der Waals surface area contributed by atoms with Crippen LogP contribution in [0.25, 0.3) is 0 Å². The van der Waals surface area contributed by atoms with Crippen LogP contribution in [0.2, 0.25) is 0 Å². The number of rotatable bonds is 2. The van der Waals surface area contributed by atoms with E-state index < -0.39 is 0 Å². The highest BCUT2D eigenvalue weighted by atomic mass is 15.0. The summed E-state index contributed by atoms with van der Waals surface area (Å²) < 4.78 is 0. The summed E-state index contributed by atoms with van der Waals surface area (Å²) in [5.74, 6) is 0.507. The van der Waals surface area contributed by atoms with E-state index in [9.17, 15) is 0 Å². The van der Waals surface area contributed by atoms with Gasteiger partial charge >= 0.3 is 0 Å². The first-order valence-corrected chi connectivity index (χ1v) is 4.94. The van der Waals surface area contributed by atoms with Gasteiger partial charge in [0.15, 0.2) is 0 Å². The zero-order valence-corrected chi connectivity index (χ0v) is 8.51. The first-order chi connectivity index (χ1) is 6.79. The Bertz CT molecular complexity index is 363. The molecule has 0 N–H and O–H groups in total. The summed E-state index contributed by atoms with van der Waals surface area (Å²) in [5.41, 5.74) is 2.28. The van der Waals surface area contributed by atoms with Gasteiger partial charge in [0.2, 0.25) is 0 Å². The van der Waals surface area contributed by atoms with Gasteiger partial charge in [-0.05, 0) is 11.5 Å². The van der Waals surface area contributed by atoms with Crippen molar-refractivity contribution < 1.29 is 0 Å². The van der Waals surface area contributed by atoms with Gasteiger partial charge in [-0.15, -0.1) is 0 Å². The third-order valence-corrected chi connectivity index (χ3v) is 2.41. The highest BCUT2D eigenvalue weighted by Gasteiger charge is 2.22. The van der Waals surface area contributed by atoms with Crippen molar-refractivity contribution in [3.8, 4) is 0 Å². The Balaban J connectivity index is 2.29. The first kappa shape index (κ1) is 9.13. The van der Waals surface area contributed by atoms with Crippen molar-refractivity contribution >= 4 is 12.1 Å². The van der Waals surface area contributed by atoms with Gasteiger partial charge in [-0.25, -0.2) is 4.99 Å². The number of hydrogen-bond acceptors (Lipinski definition) is 2. The zero-order chi connectivity index (χ0) is 9.97. The molecule has 0 aliphatic carbocycles. The summed E-state index contributed by atoms with van der Waals surface area (Å²) >= 11 is 0. The Hall–Kier alpha value is -1.44. The Morgan fingerprint density at radius 2 is 1.86 bits per heavy atom. The molecule has 1 heterocycles. The van der Waals surface area contributed by atoms with Crippen LogP contribution in [0.5, 0.6) is 0 Å². The molecule has 2 nitrogen and oxygen atoms in total. The van der Waals surface area contributed by atoms with Gasteiger partial charge in [-0.1, -0.05) is 44.2 Å². The van der Waals surface area contributed by atoms with Crippen LogP contribution >= 0.6 is 0 Å². The summed E-state index contributed by atoms with van der Waals surface area (Å²) in [5, 5.41) is 0. The summed E-state index contributed by atoms with van der Waals surface area (Å²) in [6, 6.07) is 10.5. The van der Waals surface area contributed by atoms with Crippen LogP contribution < -0.4 is 0 Å². The van der Waals surface area contributed by atoms with Crippen molar-refractivity contribution in [1.29, 1.82) is 0 Å². The molecular formula is C12H14N2. The molecule has 72 valence electrons. The molecule has 0 fully saturated rings.